The van der Waals surface area contributed by atoms with Crippen molar-refractivity contribution in [3.8, 4) is 0 Å². The van der Waals surface area contributed by atoms with Gasteiger partial charge in [0.15, 0.2) is 0 Å². The number of halogens is 1. The van der Waals surface area contributed by atoms with E-state index in [4.69, 9.17) is 0 Å². The Kier molecular flexibility index (Phi) is 5.54. The summed E-state index contributed by atoms with van der Waals surface area (Å²) in [6.45, 7) is 0.858. The number of nitrogens with zero attached hydrogens (tertiary/aromatic N) is 1. The SMILES string of the molecule is CN(C(=O)CCNC(=O)c1ccccc1F)[C@H]1C[C@H]2CNC(=O)C[C@H]2C1. The summed E-state index contributed by atoms with van der Waals surface area (Å²) < 4.78 is 13.6. The topological polar surface area (TPSA) is 78.5 Å². The van der Waals surface area contributed by atoms with Crippen molar-refractivity contribution in [3.05, 3.63) is 35.6 Å². The molecule has 1 aromatic rings. The minimum Gasteiger partial charge on any atom is -0.356 e. The Balaban J connectivity index is 1.46. The molecule has 26 heavy (non-hydrogen) atoms. The lowest BCUT2D eigenvalue weighted by atomic mass is 9.89. The lowest BCUT2D eigenvalue weighted by Gasteiger charge is -2.25. The summed E-state index contributed by atoms with van der Waals surface area (Å²) in [5, 5.41) is 5.48. The molecule has 7 heteroatoms. The van der Waals surface area contributed by atoms with Crippen molar-refractivity contribution in [2.45, 2.75) is 31.7 Å². The third-order valence-corrected chi connectivity index (χ3v) is 5.51. The van der Waals surface area contributed by atoms with Gasteiger partial charge in [-0.2, -0.15) is 0 Å². The fraction of sp³-hybridized carbons (Fsp3) is 0.526. The van der Waals surface area contributed by atoms with Crippen LogP contribution < -0.4 is 10.6 Å². The molecule has 3 atom stereocenters. The molecule has 0 spiro atoms. The van der Waals surface area contributed by atoms with E-state index in [-0.39, 0.29) is 36.4 Å². The van der Waals surface area contributed by atoms with E-state index < -0.39 is 11.7 Å². The second-order valence-electron chi connectivity index (χ2n) is 7.14. The maximum atomic E-state index is 13.6. The van der Waals surface area contributed by atoms with Crippen molar-refractivity contribution in [2.24, 2.45) is 11.8 Å². The van der Waals surface area contributed by atoms with Gasteiger partial charge in [0, 0.05) is 39.0 Å². The van der Waals surface area contributed by atoms with Crippen LogP contribution in [0.15, 0.2) is 24.3 Å². The van der Waals surface area contributed by atoms with Crippen LogP contribution in [-0.4, -0.2) is 48.8 Å². The molecule has 1 aliphatic carbocycles. The first-order valence-corrected chi connectivity index (χ1v) is 9.00. The first kappa shape index (κ1) is 18.4. The molecule has 0 radical (unpaired) electrons. The van der Waals surface area contributed by atoms with Crippen molar-refractivity contribution in [2.75, 3.05) is 20.1 Å². The molecular weight excluding hydrogens is 337 g/mol. The zero-order valence-corrected chi connectivity index (χ0v) is 14.8. The molecule has 2 aliphatic rings. The normalized spacial score (nSPS) is 24.5. The number of nitrogens with one attached hydrogen (secondary N) is 2. The van der Waals surface area contributed by atoms with Crippen LogP contribution in [0.1, 0.15) is 36.0 Å². The number of carbonyl (C=O) groups excluding carboxylic acids is 3. The van der Waals surface area contributed by atoms with E-state index in [9.17, 15) is 18.8 Å². The molecule has 3 amide bonds. The lowest BCUT2D eigenvalue weighted by molar-refractivity contribution is -0.131. The summed E-state index contributed by atoms with van der Waals surface area (Å²) in [5.41, 5.74) is -0.0228. The molecule has 0 aromatic heterocycles. The molecule has 2 N–H and O–H groups in total. The van der Waals surface area contributed by atoms with Crippen LogP contribution in [0.5, 0.6) is 0 Å². The lowest BCUT2D eigenvalue weighted by Crippen LogP contribution is -2.38. The molecule has 1 aliphatic heterocycles. The number of hydrogen-bond donors (Lipinski definition) is 2. The van der Waals surface area contributed by atoms with E-state index in [1.54, 1.807) is 18.0 Å². The van der Waals surface area contributed by atoms with Crippen molar-refractivity contribution in [1.29, 1.82) is 0 Å². The van der Waals surface area contributed by atoms with Gasteiger partial charge in [0.2, 0.25) is 11.8 Å². The Morgan fingerprint density at radius 1 is 1.27 bits per heavy atom. The van der Waals surface area contributed by atoms with Gasteiger partial charge in [0.05, 0.1) is 5.56 Å². The first-order valence-electron chi connectivity index (χ1n) is 9.00. The van der Waals surface area contributed by atoms with Gasteiger partial charge in [-0.3, -0.25) is 14.4 Å². The van der Waals surface area contributed by atoms with E-state index in [1.165, 1.54) is 18.2 Å². The van der Waals surface area contributed by atoms with Crippen molar-refractivity contribution in [3.63, 3.8) is 0 Å². The highest BCUT2D eigenvalue weighted by molar-refractivity contribution is 5.94. The van der Waals surface area contributed by atoms with Gasteiger partial charge >= 0.3 is 0 Å². The maximum Gasteiger partial charge on any atom is 0.254 e. The predicted octanol–water partition coefficient (Wildman–Crippen LogP) is 1.32. The number of hydrogen-bond acceptors (Lipinski definition) is 3. The summed E-state index contributed by atoms with van der Waals surface area (Å²) in [6, 6.07) is 5.89. The van der Waals surface area contributed by atoms with Gasteiger partial charge in [-0.05, 0) is 36.8 Å². The number of benzene rings is 1. The molecule has 0 bridgehead atoms. The number of piperidine rings is 1. The molecule has 3 rings (SSSR count). The molecule has 1 saturated carbocycles. The third-order valence-electron chi connectivity index (χ3n) is 5.51. The summed E-state index contributed by atoms with van der Waals surface area (Å²) >= 11 is 0. The first-order chi connectivity index (χ1) is 12.5. The second kappa shape index (κ2) is 7.85. The molecule has 0 unspecified atom stereocenters. The smallest absolute Gasteiger partial charge is 0.254 e. The average Bonchev–Trinajstić information content (AvgIpc) is 3.04. The molecule has 1 aromatic carbocycles. The van der Waals surface area contributed by atoms with Crippen LogP contribution in [0, 0.1) is 17.7 Å². The fourth-order valence-electron chi connectivity index (χ4n) is 3.96. The van der Waals surface area contributed by atoms with Gasteiger partial charge < -0.3 is 15.5 Å². The Morgan fingerprint density at radius 2 is 2.00 bits per heavy atom. The molecule has 140 valence electrons. The number of amides is 3. The summed E-state index contributed by atoms with van der Waals surface area (Å²) in [7, 11) is 1.78. The Bertz CT molecular complexity index is 709. The molecule has 1 saturated heterocycles. The molecule has 1 heterocycles. The molecular formula is C19H24FN3O3. The maximum absolute atomic E-state index is 13.6. The minimum absolute atomic E-state index is 0.0228. The Hall–Kier alpha value is -2.44. The largest absolute Gasteiger partial charge is 0.356 e. The summed E-state index contributed by atoms with van der Waals surface area (Å²) in [4.78, 5) is 37.6. The highest BCUT2D eigenvalue weighted by atomic mass is 19.1. The number of fused-ring (bicyclic) bond motifs is 1. The van der Waals surface area contributed by atoms with E-state index in [2.05, 4.69) is 10.6 Å². The quantitative estimate of drug-likeness (QED) is 0.830. The Morgan fingerprint density at radius 3 is 2.77 bits per heavy atom. The van der Waals surface area contributed by atoms with Crippen molar-refractivity contribution < 1.29 is 18.8 Å². The van der Waals surface area contributed by atoms with Crippen molar-refractivity contribution >= 4 is 17.7 Å². The van der Waals surface area contributed by atoms with E-state index in [0.717, 1.165) is 12.8 Å². The summed E-state index contributed by atoms with van der Waals surface area (Å²) in [6.07, 6.45) is 2.46. The zero-order valence-electron chi connectivity index (χ0n) is 14.8. The van der Waals surface area contributed by atoms with Gasteiger partial charge in [0.25, 0.3) is 5.91 Å². The highest BCUT2D eigenvalue weighted by Crippen LogP contribution is 2.38. The Labute approximate surface area is 152 Å². The van der Waals surface area contributed by atoms with Crippen LogP contribution in [0.2, 0.25) is 0 Å². The second-order valence-corrected chi connectivity index (χ2v) is 7.14. The van der Waals surface area contributed by atoms with E-state index in [1.807, 2.05) is 0 Å². The van der Waals surface area contributed by atoms with E-state index in [0.29, 0.717) is 24.8 Å². The highest BCUT2D eigenvalue weighted by Gasteiger charge is 2.40. The van der Waals surface area contributed by atoms with Crippen LogP contribution in [-0.2, 0) is 9.59 Å². The van der Waals surface area contributed by atoms with Crippen LogP contribution in [0.25, 0.3) is 0 Å². The van der Waals surface area contributed by atoms with Crippen LogP contribution in [0.4, 0.5) is 4.39 Å². The van der Waals surface area contributed by atoms with Crippen LogP contribution >= 0.6 is 0 Å². The monoisotopic (exact) mass is 361 g/mol. The standard InChI is InChI=1S/C19H24FN3O3/c1-23(14-8-12-10-17(24)22-11-13(12)9-14)18(25)6-7-21-19(26)15-4-2-3-5-16(15)20/h2-5,12-14H,6-11H2,1H3,(H,21,26)(H,22,24)/t12-,13+,14-/m1/s1. The molecule has 6 nitrogen and oxygen atoms in total. The van der Waals surface area contributed by atoms with Gasteiger partial charge in [-0.15, -0.1) is 0 Å². The van der Waals surface area contributed by atoms with Gasteiger partial charge in [-0.25, -0.2) is 4.39 Å². The van der Waals surface area contributed by atoms with Crippen LogP contribution in [0.3, 0.4) is 0 Å². The molecule has 2 fully saturated rings. The average molecular weight is 361 g/mol. The number of rotatable bonds is 5. The summed E-state index contributed by atoms with van der Waals surface area (Å²) in [5.74, 6) is -0.267. The van der Waals surface area contributed by atoms with E-state index >= 15 is 0 Å². The minimum atomic E-state index is -0.579. The zero-order chi connectivity index (χ0) is 18.7. The third kappa shape index (κ3) is 4.03. The number of carbonyl (C=O) groups is 3. The fourth-order valence-corrected chi connectivity index (χ4v) is 3.96. The predicted molar refractivity (Wildman–Crippen MR) is 93.7 cm³/mol. The van der Waals surface area contributed by atoms with Crippen molar-refractivity contribution in [1.82, 2.24) is 15.5 Å². The van der Waals surface area contributed by atoms with Gasteiger partial charge in [-0.1, -0.05) is 12.1 Å². The van der Waals surface area contributed by atoms with Gasteiger partial charge in [0.1, 0.15) is 5.82 Å².